The summed E-state index contributed by atoms with van der Waals surface area (Å²) in [5, 5.41) is 11.2. The van der Waals surface area contributed by atoms with Crippen molar-refractivity contribution in [2.75, 3.05) is 27.7 Å². The zero-order chi connectivity index (χ0) is 20.5. The fraction of sp³-hybridized carbons (Fsp3) is 0.304. The third kappa shape index (κ3) is 5.93. The highest BCUT2D eigenvalue weighted by Crippen LogP contribution is 2.16. The Kier molecular flexibility index (Phi) is 7.41. The minimum absolute atomic E-state index is 0.266. The molecule has 152 valence electrons. The van der Waals surface area contributed by atoms with E-state index in [9.17, 15) is 0 Å². The van der Waals surface area contributed by atoms with Crippen molar-refractivity contribution in [3.05, 3.63) is 89.7 Å². The summed E-state index contributed by atoms with van der Waals surface area (Å²) in [5.74, 6) is 0.793. The summed E-state index contributed by atoms with van der Waals surface area (Å²) in [7, 11) is 6.00. The molecule has 0 fully saturated rings. The molecule has 0 radical (unpaired) electrons. The minimum Gasteiger partial charge on any atom is -0.354 e. The van der Waals surface area contributed by atoms with Crippen LogP contribution in [0.5, 0.6) is 0 Å². The van der Waals surface area contributed by atoms with Crippen molar-refractivity contribution < 1.29 is 0 Å². The van der Waals surface area contributed by atoms with Crippen LogP contribution < -0.4 is 10.6 Å². The van der Waals surface area contributed by atoms with Crippen LogP contribution in [0.3, 0.4) is 0 Å². The van der Waals surface area contributed by atoms with Crippen LogP contribution in [0, 0.1) is 0 Å². The zero-order valence-corrected chi connectivity index (χ0v) is 17.4. The van der Waals surface area contributed by atoms with Crippen LogP contribution in [0.4, 0.5) is 0 Å². The van der Waals surface area contributed by atoms with E-state index in [4.69, 9.17) is 0 Å². The van der Waals surface area contributed by atoms with Crippen molar-refractivity contribution in [1.29, 1.82) is 0 Å². The van der Waals surface area contributed by atoms with Gasteiger partial charge in [0.25, 0.3) is 0 Å². The number of guanidine groups is 1. The number of likely N-dealkylation sites (N-methyl/N-ethyl adjacent to an activating group) is 1. The number of hydrogen-bond donors (Lipinski definition) is 2. The van der Waals surface area contributed by atoms with Crippen molar-refractivity contribution in [2.24, 2.45) is 4.99 Å². The lowest BCUT2D eigenvalue weighted by atomic mass is 10.1. The lowest BCUT2D eigenvalue weighted by Gasteiger charge is -2.26. The molecule has 6 heteroatoms. The summed E-state index contributed by atoms with van der Waals surface area (Å²) in [5.41, 5.74) is 3.76. The summed E-state index contributed by atoms with van der Waals surface area (Å²) in [6.07, 6.45) is 3.79. The third-order valence-corrected chi connectivity index (χ3v) is 4.95. The lowest BCUT2D eigenvalue weighted by molar-refractivity contribution is 0.298. The summed E-state index contributed by atoms with van der Waals surface area (Å²) in [6.45, 7) is 2.23. The molecule has 0 bridgehead atoms. The molecule has 3 rings (SSSR count). The van der Waals surface area contributed by atoms with E-state index in [2.05, 4.69) is 88.3 Å². The molecule has 0 amide bonds. The third-order valence-electron chi connectivity index (χ3n) is 4.95. The Labute approximate surface area is 173 Å². The number of aliphatic imine (C=N–C) groups is 1. The molecule has 1 atom stereocenters. The maximum Gasteiger partial charge on any atom is 0.191 e. The standard InChI is InChI=1S/C23H30N6/c1-24-23(26-17-22(28(2)3)19-10-5-4-6-11-19)25-16-20-12-7-8-13-21(20)18-29-15-9-14-27-29/h4-15,22H,16-18H2,1-3H3,(H2,24,25,26). The van der Waals surface area contributed by atoms with Gasteiger partial charge in [0.05, 0.1) is 12.6 Å². The van der Waals surface area contributed by atoms with Gasteiger partial charge in [-0.15, -0.1) is 0 Å². The van der Waals surface area contributed by atoms with Gasteiger partial charge < -0.3 is 15.5 Å². The van der Waals surface area contributed by atoms with Crippen molar-refractivity contribution >= 4 is 5.96 Å². The fourth-order valence-corrected chi connectivity index (χ4v) is 3.32. The van der Waals surface area contributed by atoms with E-state index in [1.807, 2.05) is 23.0 Å². The molecule has 29 heavy (non-hydrogen) atoms. The smallest absolute Gasteiger partial charge is 0.191 e. The van der Waals surface area contributed by atoms with Crippen LogP contribution in [-0.4, -0.2) is 48.3 Å². The monoisotopic (exact) mass is 390 g/mol. The number of nitrogens with zero attached hydrogens (tertiary/aromatic N) is 4. The van der Waals surface area contributed by atoms with E-state index in [-0.39, 0.29) is 6.04 Å². The van der Waals surface area contributed by atoms with Crippen molar-refractivity contribution in [3.63, 3.8) is 0 Å². The predicted octanol–water partition coefficient (Wildman–Crippen LogP) is 2.90. The molecule has 2 aromatic carbocycles. The van der Waals surface area contributed by atoms with Crippen molar-refractivity contribution in [2.45, 2.75) is 19.1 Å². The summed E-state index contributed by atoms with van der Waals surface area (Å²) in [4.78, 5) is 6.61. The summed E-state index contributed by atoms with van der Waals surface area (Å²) in [6, 6.07) is 21.2. The molecule has 1 heterocycles. The first-order valence-corrected chi connectivity index (χ1v) is 9.87. The van der Waals surface area contributed by atoms with E-state index in [1.54, 1.807) is 13.2 Å². The van der Waals surface area contributed by atoms with E-state index in [0.29, 0.717) is 6.54 Å². The van der Waals surface area contributed by atoms with Crippen LogP contribution in [0.2, 0.25) is 0 Å². The molecule has 0 saturated heterocycles. The highest BCUT2D eigenvalue weighted by atomic mass is 15.3. The first kappa shape index (κ1) is 20.6. The van der Waals surface area contributed by atoms with E-state index in [0.717, 1.165) is 19.0 Å². The molecule has 1 unspecified atom stereocenters. The summed E-state index contributed by atoms with van der Waals surface area (Å²) < 4.78 is 1.94. The normalized spacial score (nSPS) is 12.8. The van der Waals surface area contributed by atoms with Gasteiger partial charge in [-0.25, -0.2) is 0 Å². The second-order valence-corrected chi connectivity index (χ2v) is 7.17. The van der Waals surface area contributed by atoms with Crippen molar-refractivity contribution in [3.8, 4) is 0 Å². The highest BCUT2D eigenvalue weighted by Gasteiger charge is 2.14. The Morgan fingerprint density at radius 2 is 1.72 bits per heavy atom. The first-order chi connectivity index (χ1) is 14.2. The van der Waals surface area contributed by atoms with Gasteiger partial charge in [-0.3, -0.25) is 9.67 Å². The van der Waals surface area contributed by atoms with Crippen LogP contribution >= 0.6 is 0 Å². The number of benzene rings is 2. The van der Waals surface area contributed by atoms with Gasteiger partial charge in [0.1, 0.15) is 0 Å². The highest BCUT2D eigenvalue weighted by molar-refractivity contribution is 5.79. The van der Waals surface area contributed by atoms with Crippen LogP contribution in [-0.2, 0) is 13.1 Å². The Morgan fingerprint density at radius 1 is 1.00 bits per heavy atom. The average Bonchev–Trinajstić information content (AvgIpc) is 3.25. The van der Waals surface area contributed by atoms with Gasteiger partial charge in [0, 0.05) is 32.5 Å². The second kappa shape index (κ2) is 10.4. The minimum atomic E-state index is 0.266. The molecule has 0 aliphatic rings. The molecule has 2 N–H and O–H groups in total. The molecule has 3 aromatic rings. The second-order valence-electron chi connectivity index (χ2n) is 7.17. The quantitative estimate of drug-likeness (QED) is 0.459. The number of hydrogen-bond acceptors (Lipinski definition) is 3. The maximum absolute atomic E-state index is 4.39. The fourth-order valence-electron chi connectivity index (χ4n) is 3.32. The first-order valence-electron chi connectivity index (χ1n) is 9.87. The van der Waals surface area contributed by atoms with Gasteiger partial charge >= 0.3 is 0 Å². The summed E-state index contributed by atoms with van der Waals surface area (Å²) >= 11 is 0. The van der Waals surface area contributed by atoms with Crippen LogP contribution in [0.15, 0.2) is 78.0 Å². The molecule has 0 spiro atoms. The number of nitrogens with one attached hydrogen (secondary N) is 2. The zero-order valence-electron chi connectivity index (χ0n) is 17.4. The largest absolute Gasteiger partial charge is 0.354 e. The Hall–Kier alpha value is -3.12. The maximum atomic E-state index is 4.39. The van der Waals surface area contributed by atoms with Gasteiger partial charge in [0.2, 0.25) is 0 Å². The lowest BCUT2D eigenvalue weighted by Crippen LogP contribution is -2.41. The SMILES string of the molecule is CN=C(NCc1ccccc1Cn1cccn1)NCC(c1ccccc1)N(C)C. The molecule has 6 nitrogen and oxygen atoms in total. The van der Waals surface area contributed by atoms with Gasteiger partial charge in [-0.1, -0.05) is 54.6 Å². The molecule has 0 aliphatic carbocycles. The molecular formula is C23H30N6. The Balaban J connectivity index is 1.60. The van der Waals surface area contributed by atoms with E-state index < -0.39 is 0 Å². The Morgan fingerprint density at radius 3 is 2.38 bits per heavy atom. The van der Waals surface area contributed by atoms with Crippen molar-refractivity contribution in [1.82, 2.24) is 25.3 Å². The predicted molar refractivity (Wildman–Crippen MR) is 119 cm³/mol. The molecular weight excluding hydrogens is 360 g/mol. The van der Waals surface area contributed by atoms with Crippen LogP contribution in [0.25, 0.3) is 0 Å². The van der Waals surface area contributed by atoms with Gasteiger partial charge in [-0.05, 0) is 36.9 Å². The molecule has 0 aliphatic heterocycles. The number of aromatic nitrogens is 2. The topological polar surface area (TPSA) is 57.5 Å². The molecule has 0 saturated carbocycles. The van der Waals surface area contributed by atoms with E-state index >= 15 is 0 Å². The Bertz CT molecular complexity index is 887. The van der Waals surface area contributed by atoms with Gasteiger partial charge in [0.15, 0.2) is 5.96 Å². The van der Waals surface area contributed by atoms with E-state index in [1.165, 1.54) is 16.7 Å². The molecule has 1 aromatic heterocycles. The number of rotatable bonds is 8. The van der Waals surface area contributed by atoms with Gasteiger partial charge in [-0.2, -0.15) is 5.10 Å². The van der Waals surface area contributed by atoms with Crippen LogP contribution in [0.1, 0.15) is 22.7 Å². The average molecular weight is 391 g/mol.